The molecule has 2 aromatic heterocycles. The van der Waals surface area contributed by atoms with E-state index in [1.54, 1.807) is 27.7 Å². The summed E-state index contributed by atoms with van der Waals surface area (Å²) in [5, 5.41) is 4.83. The number of nitrogens with zero attached hydrogens (tertiary/aromatic N) is 2. The van der Waals surface area contributed by atoms with Crippen LogP contribution < -0.4 is 25.7 Å². The number of rotatable bonds is 8. The van der Waals surface area contributed by atoms with E-state index in [9.17, 15) is 23.2 Å². The third kappa shape index (κ3) is 6.77. The van der Waals surface area contributed by atoms with Gasteiger partial charge in [-0.2, -0.15) is 0 Å². The minimum Gasteiger partial charge on any atom is -0.493 e. The first-order valence-corrected chi connectivity index (χ1v) is 12.8. The van der Waals surface area contributed by atoms with Crippen LogP contribution in [0.15, 0.2) is 71.8 Å². The zero-order valence-corrected chi connectivity index (χ0v) is 23.1. The maximum Gasteiger partial charge on any atom is 0.271 e. The van der Waals surface area contributed by atoms with Crippen LogP contribution in [-0.4, -0.2) is 28.0 Å². The highest BCUT2D eigenvalue weighted by Gasteiger charge is 2.24. The Labute approximate surface area is 238 Å². The first kappa shape index (κ1) is 29.8. The number of amides is 2. The number of ether oxygens (including phenoxy) is 2. The summed E-state index contributed by atoms with van der Waals surface area (Å²) in [6.45, 7) is 6.92. The van der Waals surface area contributed by atoms with E-state index in [0.717, 1.165) is 22.8 Å². The molecule has 218 valence electrons. The number of hydrogen-bond acceptors (Lipinski definition) is 6. The van der Waals surface area contributed by atoms with Gasteiger partial charge in [0.15, 0.2) is 17.4 Å². The van der Waals surface area contributed by atoms with Gasteiger partial charge in [-0.15, -0.1) is 0 Å². The fourth-order valence-corrected chi connectivity index (χ4v) is 3.67. The number of nitrogens with one attached hydrogen (secondary N) is 2. The van der Waals surface area contributed by atoms with Crippen LogP contribution in [0, 0.1) is 22.9 Å². The molecule has 0 atom stereocenters. The van der Waals surface area contributed by atoms with Crippen molar-refractivity contribution in [1.29, 1.82) is 0 Å². The molecular weight excluding hydrogens is 553 g/mol. The number of pyridine rings is 2. The molecule has 0 aliphatic carbocycles. The number of anilines is 2. The molecule has 0 aliphatic heterocycles. The molecule has 12 heteroatoms. The molecule has 0 unspecified atom stereocenters. The Hall–Kier alpha value is -5.13. The predicted octanol–water partition coefficient (Wildman–Crippen LogP) is 6.08. The molecule has 0 spiro atoms. The Balaban J connectivity index is 1.59. The largest absolute Gasteiger partial charge is 0.493 e. The highest BCUT2D eigenvalue weighted by Crippen LogP contribution is 2.31. The van der Waals surface area contributed by atoms with Crippen molar-refractivity contribution in [2.45, 2.75) is 27.7 Å². The van der Waals surface area contributed by atoms with Crippen molar-refractivity contribution in [2.24, 2.45) is 5.41 Å². The lowest BCUT2D eigenvalue weighted by atomic mass is 9.96. The number of aromatic nitrogens is 2. The van der Waals surface area contributed by atoms with E-state index in [0.29, 0.717) is 6.07 Å². The van der Waals surface area contributed by atoms with Gasteiger partial charge in [-0.25, -0.2) is 18.2 Å². The van der Waals surface area contributed by atoms with Gasteiger partial charge in [-0.3, -0.25) is 19.0 Å². The second-order valence-electron chi connectivity index (χ2n) is 10.0. The van der Waals surface area contributed by atoms with Crippen molar-refractivity contribution < 1.29 is 32.2 Å². The molecule has 4 rings (SSSR count). The Morgan fingerprint density at radius 1 is 0.929 bits per heavy atom. The van der Waals surface area contributed by atoms with Crippen molar-refractivity contribution in [3.05, 3.63) is 100 Å². The molecule has 42 heavy (non-hydrogen) atoms. The molecule has 4 aromatic rings. The molecule has 0 bridgehead atoms. The van der Waals surface area contributed by atoms with Gasteiger partial charge in [0.25, 0.3) is 11.5 Å². The maximum atomic E-state index is 15.0. The average molecular weight is 581 g/mol. The predicted molar refractivity (Wildman–Crippen MR) is 150 cm³/mol. The van der Waals surface area contributed by atoms with Crippen LogP contribution in [-0.2, 0) is 4.79 Å². The molecule has 0 radical (unpaired) electrons. The first-order chi connectivity index (χ1) is 19.9. The summed E-state index contributed by atoms with van der Waals surface area (Å²) in [4.78, 5) is 42.7. The highest BCUT2D eigenvalue weighted by molar-refractivity contribution is 6.06. The SMILES string of the molecule is CCOc1ccn(-c2ccc(F)cc2)c(=O)c1C(=O)Nc1cc(F)c(Oc2ccnc(NC(=O)C(C)(C)C)c2)cc1F. The molecule has 2 amide bonds. The van der Waals surface area contributed by atoms with Crippen molar-refractivity contribution in [1.82, 2.24) is 9.55 Å². The van der Waals surface area contributed by atoms with Crippen molar-refractivity contribution in [2.75, 3.05) is 17.2 Å². The quantitative estimate of drug-likeness (QED) is 0.261. The first-order valence-electron chi connectivity index (χ1n) is 12.8. The molecule has 0 aliphatic rings. The van der Waals surface area contributed by atoms with Crippen molar-refractivity contribution in [3.63, 3.8) is 0 Å². The monoisotopic (exact) mass is 580 g/mol. The number of halogens is 3. The third-order valence-electron chi connectivity index (χ3n) is 5.84. The molecule has 2 heterocycles. The van der Waals surface area contributed by atoms with Gasteiger partial charge >= 0.3 is 0 Å². The van der Waals surface area contributed by atoms with E-state index in [-0.39, 0.29) is 35.5 Å². The zero-order valence-electron chi connectivity index (χ0n) is 23.1. The van der Waals surface area contributed by atoms with Crippen molar-refractivity contribution in [3.8, 4) is 22.9 Å². The van der Waals surface area contributed by atoms with E-state index in [1.807, 2.05) is 0 Å². The minimum absolute atomic E-state index is 0.0660. The standard InChI is InChI=1S/C30H27F3N4O5/c1-5-41-23-11-13-37(18-8-6-17(31)7-9-18)28(39)26(23)27(38)35-22-15-21(33)24(16-20(22)32)42-19-10-12-34-25(14-19)36-29(40)30(2,3)4/h6-16H,5H2,1-4H3,(H,35,38)(H,34,36,40). The van der Waals surface area contributed by atoms with Gasteiger partial charge in [0.1, 0.15) is 28.7 Å². The second kappa shape index (κ2) is 12.2. The van der Waals surface area contributed by atoms with Crippen LogP contribution in [0.25, 0.3) is 5.69 Å². The molecule has 9 nitrogen and oxygen atoms in total. The Bertz CT molecular complexity index is 1700. The topological polar surface area (TPSA) is 112 Å². The Kier molecular flexibility index (Phi) is 8.65. The van der Waals surface area contributed by atoms with Gasteiger partial charge in [-0.1, -0.05) is 20.8 Å². The smallest absolute Gasteiger partial charge is 0.271 e. The van der Waals surface area contributed by atoms with Gasteiger partial charge in [0.2, 0.25) is 5.91 Å². The summed E-state index contributed by atoms with van der Waals surface area (Å²) in [5.74, 6) is -4.32. The van der Waals surface area contributed by atoms with Crippen LogP contribution in [0.2, 0.25) is 0 Å². The summed E-state index contributed by atoms with van der Waals surface area (Å²) in [7, 11) is 0. The molecular formula is C30H27F3N4O5. The Morgan fingerprint density at radius 3 is 2.31 bits per heavy atom. The normalized spacial score (nSPS) is 11.1. The summed E-state index contributed by atoms with van der Waals surface area (Å²) in [6.07, 6.45) is 2.67. The highest BCUT2D eigenvalue weighted by atomic mass is 19.1. The third-order valence-corrected chi connectivity index (χ3v) is 5.84. The number of carbonyl (C=O) groups is 2. The van der Waals surface area contributed by atoms with Gasteiger partial charge in [-0.05, 0) is 43.3 Å². The molecule has 0 saturated heterocycles. The molecule has 0 saturated carbocycles. The van der Waals surface area contributed by atoms with Crippen LogP contribution in [0.3, 0.4) is 0 Å². The molecule has 2 aromatic carbocycles. The van der Waals surface area contributed by atoms with Gasteiger partial charge in [0.05, 0.1) is 12.3 Å². The average Bonchev–Trinajstić information content (AvgIpc) is 2.92. The summed E-state index contributed by atoms with van der Waals surface area (Å²) >= 11 is 0. The minimum atomic E-state index is -1.06. The van der Waals surface area contributed by atoms with Crippen LogP contribution in [0.1, 0.15) is 38.1 Å². The maximum absolute atomic E-state index is 15.0. The van der Waals surface area contributed by atoms with Crippen molar-refractivity contribution >= 4 is 23.3 Å². The zero-order chi connectivity index (χ0) is 30.6. The summed E-state index contributed by atoms with van der Waals surface area (Å²) in [5.41, 5.74) is -2.26. The van der Waals surface area contributed by atoms with E-state index in [4.69, 9.17) is 9.47 Å². The lowest BCUT2D eigenvalue weighted by Crippen LogP contribution is -2.29. The van der Waals surface area contributed by atoms with E-state index >= 15 is 4.39 Å². The second-order valence-corrected chi connectivity index (χ2v) is 10.0. The van der Waals surface area contributed by atoms with Crippen LogP contribution in [0.5, 0.6) is 17.2 Å². The van der Waals surface area contributed by atoms with Crippen LogP contribution in [0.4, 0.5) is 24.7 Å². The number of hydrogen-bond donors (Lipinski definition) is 2. The molecule has 2 N–H and O–H groups in total. The van der Waals surface area contributed by atoms with E-state index in [1.165, 1.54) is 42.7 Å². The lowest BCUT2D eigenvalue weighted by Gasteiger charge is -2.17. The van der Waals surface area contributed by atoms with E-state index in [2.05, 4.69) is 15.6 Å². The lowest BCUT2D eigenvalue weighted by molar-refractivity contribution is -0.123. The number of carbonyl (C=O) groups excluding carboxylic acids is 2. The number of benzene rings is 2. The summed E-state index contributed by atoms with van der Waals surface area (Å²) < 4.78 is 55.4. The Morgan fingerprint density at radius 2 is 1.64 bits per heavy atom. The van der Waals surface area contributed by atoms with Gasteiger partial charge < -0.3 is 20.1 Å². The van der Waals surface area contributed by atoms with E-state index < -0.39 is 51.3 Å². The fraction of sp³-hybridized carbons (Fsp3) is 0.200. The fourth-order valence-electron chi connectivity index (χ4n) is 3.67. The van der Waals surface area contributed by atoms with Crippen LogP contribution >= 0.6 is 0 Å². The molecule has 0 fully saturated rings. The van der Waals surface area contributed by atoms with Gasteiger partial charge in [0, 0.05) is 41.7 Å². The summed E-state index contributed by atoms with van der Waals surface area (Å²) in [6, 6.07) is 10.5.